The standard InChI is InChI=1S/C20H23FN2O/c1-3-7-17-11-13-20(23-22-17)18-12-10-16(14-19(18)21)9-6-4-5-8-15(2)24/h3,6,9-15,24H,1,4-5,7-8H2,2H3/b9-6+. The molecule has 0 bridgehead atoms. The number of unbranched alkanes of at least 4 members (excludes halogenated alkanes) is 1. The van der Waals surface area contributed by atoms with Crippen LogP contribution in [-0.2, 0) is 6.42 Å². The van der Waals surface area contributed by atoms with Crippen molar-refractivity contribution in [3.8, 4) is 11.3 Å². The number of nitrogens with zero attached hydrogens (tertiary/aromatic N) is 2. The third kappa shape index (κ3) is 5.39. The van der Waals surface area contributed by atoms with Crippen LogP contribution in [0.5, 0.6) is 0 Å². The van der Waals surface area contributed by atoms with Crippen molar-refractivity contribution < 1.29 is 9.50 Å². The molecule has 24 heavy (non-hydrogen) atoms. The third-order valence-electron chi connectivity index (χ3n) is 3.65. The summed E-state index contributed by atoms with van der Waals surface area (Å²) >= 11 is 0. The molecular weight excluding hydrogens is 303 g/mol. The van der Waals surface area contributed by atoms with Gasteiger partial charge in [0.25, 0.3) is 0 Å². The molecule has 2 rings (SSSR count). The van der Waals surface area contributed by atoms with Gasteiger partial charge in [0, 0.05) is 12.0 Å². The molecule has 4 heteroatoms. The van der Waals surface area contributed by atoms with E-state index in [-0.39, 0.29) is 11.9 Å². The van der Waals surface area contributed by atoms with E-state index >= 15 is 0 Å². The smallest absolute Gasteiger partial charge is 0.133 e. The first-order valence-electron chi connectivity index (χ1n) is 8.18. The van der Waals surface area contributed by atoms with E-state index in [9.17, 15) is 9.50 Å². The van der Waals surface area contributed by atoms with Crippen LogP contribution in [0.1, 0.15) is 37.4 Å². The average Bonchev–Trinajstić information content (AvgIpc) is 2.56. The molecule has 1 unspecified atom stereocenters. The summed E-state index contributed by atoms with van der Waals surface area (Å²) in [4.78, 5) is 0. The van der Waals surface area contributed by atoms with Crippen molar-refractivity contribution in [3.05, 3.63) is 66.1 Å². The molecule has 0 saturated carbocycles. The second-order valence-electron chi connectivity index (χ2n) is 5.82. The maximum absolute atomic E-state index is 14.3. The molecule has 1 atom stereocenters. The lowest BCUT2D eigenvalue weighted by molar-refractivity contribution is 0.182. The van der Waals surface area contributed by atoms with Gasteiger partial charge in [-0.2, -0.15) is 10.2 Å². The van der Waals surface area contributed by atoms with E-state index < -0.39 is 0 Å². The van der Waals surface area contributed by atoms with Crippen LogP contribution in [0.25, 0.3) is 17.3 Å². The Balaban J connectivity index is 2.03. The number of hydrogen-bond acceptors (Lipinski definition) is 3. The fourth-order valence-electron chi connectivity index (χ4n) is 2.35. The van der Waals surface area contributed by atoms with Gasteiger partial charge >= 0.3 is 0 Å². The monoisotopic (exact) mass is 326 g/mol. The molecule has 1 aromatic heterocycles. The van der Waals surface area contributed by atoms with Gasteiger partial charge in [-0.1, -0.05) is 24.3 Å². The van der Waals surface area contributed by atoms with E-state index in [0.717, 1.165) is 30.5 Å². The minimum atomic E-state index is -0.313. The highest BCUT2D eigenvalue weighted by molar-refractivity contribution is 5.63. The average molecular weight is 326 g/mol. The molecule has 2 aromatic rings. The Labute approximate surface area is 142 Å². The van der Waals surface area contributed by atoms with Crippen molar-refractivity contribution in [2.45, 2.75) is 38.7 Å². The summed E-state index contributed by atoms with van der Waals surface area (Å²) in [5.74, 6) is -0.313. The lowest BCUT2D eigenvalue weighted by Crippen LogP contribution is -1.97. The largest absolute Gasteiger partial charge is 0.393 e. The summed E-state index contributed by atoms with van der Waals surface area (Å²) in [6, 6.07) is 8.69. The van der Waals surface area contributed by atoms with Gasteiger partial charge < -0.3 is 5.11 Å². The van der Waals surface area contributed by atoms with Crippen molar-refractivity contribution in [1.29, 1.82) is 0 Å². The number of halogens is 1. The third-order valence-corrected chi connectivity index (χ3v) is 3.65. The van der Waals surface area contributed by atoms with E-state index in [2.05, 4.69) is 16.8 Å². The van der Waals surface area contributed by atoms with Crippen LogP contribution in [-0.4, -0.2) is 21.4 Å². The summed E-state index contributed by atoms with van der Waals surface area (Å²) < 4.78 is 14.3. The minimum Gasteiger partial charge on any atom is -0.393 e. The van der Waals surface area contributed by atoms with Gasteiger partial charge in [-0.3, -0.25) is 0 Å². The first-order chi connectivity index (χ1) is 11.6. The van der Waals surface area contributed by atoms with Crippen LogP contribution >= 0.6 is 0 Å². The normalized spacial score (nSPS) is 12.5. The first-order valence-corrected chi connectivity index (χ1v) is 8.18. The van der Waals surface area contributed by atoms with Gasteiger partial charge in [0.1, 0.15) is 5.82 Å². The number of benzene rings is 1. The summed E-state index contributed by atoms with van der Waals surface area (Å²) in [6.07, 6.45) is 8.59. The zero-order valence-corrected chi connectivity index (χ0v) is 14.0. The minimum absolute atomic E-state index is 0.269. The predicted octanol–water partition coefficient (Wildman–Crippen LogP) is 4.58. The maximum Gasteiger partial charge on any atom is 0.133 e. The molecule has 0 spiro atoms. The molecule has 1 aromatic carbocycles. The van der Waals surface area contributed by atoms with Crippen molar-refractivity contribution in [3.63, 3.8) is 0 Å². The number of aliphatic hydroxyl groups excluding tert-OH is 1. The van der Waals surface area contributed by atoms with Crippen molar-refractivity contribution in [1.82, 2.24) is 10.2 Å². The van der Waals surface area contributed by atoms with Gasteiger partial charge in [0.05, 0.1) is 17.5 Å². The van der Waals surface area contributed by atoms with Gasteiger partial charge in [0.2, 0.25) is 0 Å². The molecule has 0 amide bonds. The molecule has 3 nitrogen and oxygen atoms in total. The lowest BCUT2D eigenvalue weighted by atomic mass is 10.1. The molecule has 0 aliphatic rings. The van der Waals surface area contributed by atoms with Crippen LogP contribution in [0.4, 0.5) is 4.39 Å². The van der Waals surface area contributed by atoms with Gasteiger partial charge in [-0.15, -0.1) is 6.58 Å². The second-order valence-corrected chi connectivity index (χ2v) is 5.82. The van der Waals surface area contributed by atoms with Crippen molar-refractivity contribution >= 4 is 6.08 Å². The quantitative estimate of drug-likeness (QED) is 0.571. The van der Waals surface area contributed by atoms with E-state index in [1.807, 2.05) is 24.3 Å². The van der Waals surface area contributed by atoms with E-state index in [1.165, 1.54) is 6.07 Å². The summed E-state index contributed by atoms with van der Waals surface area (Å²) in [5.41, 5.74) is 2.59. The maximum atomic E-state index is 14.3. The Morgan fingerprint density at radius 2 is 2.08 bits per heavy atom. The van der Waals surface area contributed by atoms with Crippen LogP contribution < -0.4 is 0 Å². The zero-order chi connectivity index (χ0) is 17.4. The summed E-state index contributed by atoms with van der Waals surface area (Å²) in [6.45, 7) is 5.44. The van der Waals surface area contributed by atoms with Crippen LogP contribution in [0.15, 0.2) is 49.1 Å². The number of aliphatic hydroxyl groups is 1. The molecule has 0 aliphatic carbocycles. The van der Waals surface area contributed by atoms with Gasteiger partial charge in [-0.25, -0.2) is 4.39 Å². The Hall–Kier alpha value is -2.33. The molecule has 0 aliphatic heterocycles. The predicted molar refractivity (Wildman–Crippen MR) is 95.9 cm³/mol. The topological polar surface area (TPSA) is 46.0 Å². The van der Waals surface area contributed by atoms with Gasteiger partial charge in [-0.05, 0) is 56.0 Å². The number of allylic oxidation sites excluding steroid dienone is 2. The fourth-order valence-corrected chi connectivity index (χ4v) is 2.35. The highest BCUT2D eigenvalue weighted by atomic mass is 19.1. The lowest BCUT2D eigenvalue weighted by Gasteiger charge is -2.04. The molecule has 0 saturated heterocycles. The Kier molecular flexibility index (Phi) is 6.82. The molecule has 126 valence electrons. The van der Waals surface area contributed by atoms with E-state index in [1.54, 1.807) is 25.1 Å². The first kappa shape index (κ1) is 18.0. The molecule has 0 radical (unpaired) electrons. The second kappa shape index (κ2) is 9.08. The molecule has 0 fully saturated rings. The number of aromatic nitrogens is 2. The highest BCUT2D eigenvalue weighted by Gasteiger charge is 2.07. The number of rotatable bonds is 8. The fraction of sp³-hybridized carbons (Fsp3) is 0.300. The van der Waals surface area contributed by atoms with Gasteiger partial charge in [0.15, 0.2) is 0 Å². The Bertz CT molecular complexity index is 693. The van der Waals surface area contributed by atoms with Crippen molar-refractivity contribution in [2.24, 2.45) is 0 Å². The molecular formula is C20H23FN2O. The SMILES string of the molecule is C=CCc1ccc(-c2ccc(/C=C/CCCC(C)O)cc2F)nn1. The highest BCUT2D eigenvalue weighted by Crippen LogP contribution is 2.22. The molecule has 1 heterocycles. The Morgan fingerprint density at radius 3 is 2.71 bits per heavy atom. The summed E-state index contributed by atoms with van der Waals surface area (Å²) in [5, 5.41) is 17.4. The van der Waals surface area contributed by atoms with Crippen LogP contribution in [0.3, 0.4) is 0 Å². The van der Waals surface area contributed by atoms with E-state index in [0.29, 0.717) is 17.7 Å². The zero-order valence-electron chi connectivity index (χ0n) is 14.0. The van der Waals surface area contributed by atoms with Crippen LogP contribution in [0, 0.1) is 5.82 Å². The Morgan fingerprint density at radius 1 is 1.25 bits per heavy atom. The van der Waals surface area contributed by atoms with Crippen molar-refractivity contribution in [2.75, 3.05) is 0 Å². The van der Waals surface area contributed by atoms with Crippen LogP contribution in [0.2, 0.25) is 0 Å². The molecule has 1 N–H and O–H groups in total. The van der Waals surface area contributed by atoms with E-state index in [4.69, 9.17) is 0 Å². The number of hydrogen-bond donors (Lipinski definition) is 1. The summed E-state index contributed by atoms with van der Waals surface area (Å²) in [7, 11) is 0.